The summed E-state index contributed by atoms with van der Waals surface area (Å²) < 4.78 is 6.53. The van der Waals surface area contributed by atoms with Gasteiger partial charge in [-0.2, -0.15) is 0 Å². The number of methoxy groups -OCH3 is 1. The normalized spacial score (nSPS) is 11.1. The summed E-state index contributed by atoms with van der Waals surface area (Å²) in [6, 6.07) is 0. The molecule has 0 aromatic carbocycles. The maximum absolute atomic E-state index is 11.7. The summed E-state index contributed by atoms with van der Waals surface area (Å²) in [5, 5.41) is 8.04. The minimum absolute atomic E-state index is 0.154. The van der Waals surface area contributed by atoms with Crippen molar-refractivity contribution in [3.05, 3.63) is 27.5 Å². The number of aryl methyl sites for hydroxylation is 3. The molecule has 0 saturated carbocycles. The van der Waals surface area contributed by atoms with Crippen LogP contribution in [0.1, 0.15) is 46.5 Å². The third-order valence-electron chi connectivity index (χ3n) is 3.09. The molecule has 2 heterocycles. The van der Waals surface area contributed by atoms with Crippen LogP contribution in [0.4, 0.5) is 0 Å². The van der Waals surface area contributed by atoms with E-state index in [0.717, 1.165) is 17.8 Å². The molecule has 0 atom stereocenters. The molecule has 0 aliphatic carbocycles. The fourth-order valence-electron chi connectivity index (χ4n) is 2.07. The molecule has 20 heavy (non-hydrogen) atoms. The van der Waals surface area contributed by atoms with Crippen LogP contribution in [-0.2, 0) is 17.7 Å². The van der Waals surface area contributed by atoms with Crippen LogP contribution in [0.3, 0.4) is 0 Å². The monoisotopic (exact) mass is 294 g/mol. The molecule has 2 aromatic heterocycles. The van der Waals surface area contributed by atoms with Crippen molar-refractivity contribution in [3.8, 4) is 0 Å². The first-order valence-corrected chi connectivity index (χ1v) is 7.33. The van der Waals surface area contributed by atoms with Gasteiger partial charge in [0.25, 0.3) is 0 Å². The molecule has 108 valence electrons. The molecule has 2 rings (SSSR count). The number of hydrogen-bond donors (Lipinski definition) is 0. The van der Waals surface area contributed by atoms with Crippen molar-refractivity contribution >= 4 is 17.3 Å². The second-order valence-electron chi connectivity index (χ2n) is 4.80. The lowest BCUT2D eigenvalue weighted by molar-refractivity contribution is 0.0592. The maximum Gasteiger partial charge on any atom is 0.360 e. The largest absolute Gasteiger partial charge is 0.464 e. The van der Waals surface area contributed by atoms with Gasteiger partial charge < -0.3 is 4.74 Å². The van der Waals surface area contributed by atoms with Crippen molar-refractivity contribution in [3.63, 3.8) is 0 Å². The van der Waals surface area contributed by atoms with Gasteiger partial charge in [-0.25, -0.2) is 14.5 Å². The molecule has 0 fully saturated rings. The standard InChI is InChI=1S/C13H18N4O2S/c1-8(2)12-11(13(18)19-4)15-16-17(12)6-5-10-9(3)14-7-20-10/h7-8H,5-6H2,1-4H3. The van der Waals surface area contributed by atoms with Crippen molar-refractivity contribution in [2.24, 2.45) is 0 Å². The van der Waals surface area contributed by atoms with E-state index in [4.69, 9.17) is 4.74 Å². The van der Waals surface area contributed by atoms with Gasteiger partial charge in [-0.3, -0.25) is 0 Å². The molecule has 0 unspecified atom stereocenters. The van der Waals surface area contributed by atoms with Crippen molar-refractivity contribution < 1.29 is 9.53 Å². The van der Waals surface area contributed by atoms with E-state index >= 15 is 0 Å². The van der Waals surface area contributed by atoms with Crippen molar-refractivity contribution in [2.45, 2.75) is 39.7 Å². The van der Waals surface area contributed by atoms with Crippen LogP contribution < -0.4 is 0 Å². The smallest absolute Gasteiger partial charge is 0.360 e. The first kappa shape index (κ1) is 14.6. The van der Waals surface area contributed by atoms with E-state index in [-0.39, 0.29) is 5.92 Å². The van der Waals surface area contributed by atoms with Crippen LogP contribution in [0.2, 0.25) is 0 Å². The predicted molar refractivity (Wildman–Crippen MR) is 76.0 cm³/mol. The molecular formula is C13H18N4O2S. The highest BCUT2D eigenvalue weighted by atomic mass is 32.1. The van der Waals surface area contributed by atoms with E-state index in [2.05, 4.69) is 15.3 Å². The summed E-state index contributed by atoms with van der Waals surface area (Å²) >= 11 is 1.64. The van der Waals surface area contributed by atoms with Gasteiger partial charge in [-0.15, -0.1) is 16.4 Å². The first-order chi connectivity index (χ1) is 9.54. The molecule has 6 nitrogen and oxygen atoms in total. The summed E-state index contributed by atoms with van der Waals surface area (Å²) in [7, 11) is 1.35. The topological polar surface area (TPSA) is 69.9 Å². The molecule has 2 aromatic rings. The Hall–Kier alpha value is -1.76. The Morgan fingerprint density at radius 3 is 2.80 bits per heavy atom. The number of rotatable bonds is 5. The first-order valence-electron chi connectivity index (χ1n) is 6.45. The zero-order valence-corrected chi connectivity index (χ0v) is 12.9. The SMILES string of the molecule is COC(=O)c1nnn(CCc2scnc2C)c1C(C)C. The van der Waals surface area contributed by atoms with E-state index in [0.29, 0.717) is 12.2 Å². The number of carbonyl (C=O) groups excluding carboxylic acids is 1. The minimum atomic E-state index is -0.436. The summed E-state index contributed by atoms with van der Waals surface area (Å²) in [5.41, 5.74) is 4.02. The highest BCUT2D eigenvalue weighted by Gasteiger charge is 2.22. The zero-order chi connectivity index (χ0) is 14.7. The van der Waals surface area contributed by atoms with E-state index < -0.39 is 5.97 Å². The highest BCUT2D eigenvalue weighted by Crippen LogP contribution is 2.20. The number of aromatic nitrogens is 4. The summed E-state index contributed by atoms with van der Waals surface area (Å²) in [5.74, 6) is -0.282. The van der Waals surface area contributed by atoms with Crippen LogP contribution in [0, 0.1) is 6.92 Å². The molecular weight excluding hydrogens is 276 g/mol. The third-order valence-corrected chi connectivity index (χ3v) is 4.09. The Morgan fingerprint density at radius 1 is 1.50 bits per heavy atom. The van der Waals surface area contributed by atoms with Crippen molar-refractivity contribution in [1.29, 1.82) is 0 Å². The second-order valence-corrected chi connectivity index (χ2v) is 5.74. The Kier molecular flexibility index (Phi) is 4.49. The number of ether oxygens (including phenoxy) is 1. The van der Waals surface area contributed by atoms with E-state index in [1.54, 1.807) is 16.0 Å². The van der Waals surface area contributed by atoms with Gasteiger partial charge in [0.1, 0.15) is 0 Å². The fourth-order valence-corrected chi connectivity index (χ4v) is 2.84. The highest BCUT2D eigenvalue weighted by molar-refractivity contribution is 7.09. The van der Waals surface area contributed by atoms with Gasteiger partial charge >= 0.3 is 5.97 Å². The average Bonchev–Trinajstić information content (AvgIpc) is 3.01. The third kappa shape index (κ3) is 2.87. The average molecular weight is 294 g/mol. The predicted octanol–water partition coefficient (Wildman–Crippen LogP) is 2.20. The molecule has 0 radical (unpaired) electrons. The van der Waals surface area contributed by atoms with E-state index in [9.17, 15) is 4.79 Å². The van der Waals surface area contributed by atoms with Crippen LogP contribution in [-0.4, -0.2) is 33.1 Å². The number of carbonyl (C=O) groups is 1. The van der Waals surface area contributed by atoms with Gasteiger partial charge in [0.2, 0.25) is 0 Å². The molecule has 0 saturated heterocycles. The van der Waals surface area contributed by atoms with Gasteiger partial charge in [0.05, 0.1) is 24.0 Å². The molecule has 0 spiro atoms. The van der Waals surface area contributed by atoms with Crippen LogP contribution in [0.25, 0.3) is 0 Å². The Bertz CT molecular complexity index is 603. The maximum atomic E-state index is 11.7. The summed E-state index contributed by atoms with van der Waals surface area (Å²) in [6.45, 7) is 6.70. The van der Waals surface area contributed by atoms with Crippen LogP contribution >= 0.6 is 11.3 Å². The molecule has 0 N–H and O–H groups in total. The minimum Gasteiger partial charge on any atom is -0.464 e. The second kappa shape index (κ2) is 6.13. The Balaban J connectivity index is 2.21. The number of nitrogens with zero attached hydrogens (tertiary/aromatic N) is 4. The zero-order valence-electron chi connectivity index (χ0n) is 12.1. The fraction of sp³-hybridized carbons (Fsp3) is 0.538. The van der Waals surface area contributed by atoms with E-state index in [1.807, 2.05) is 26.3 Å². The van der Waals surface area contributed by atoms with Crippen LogP contribution in [0.15, 0.2) is 5.51 Å². The lowest BCUT2D eigenvalue weighted by atomic mass is 10.1. The Labute approximate surface area is 121 Å². The quantitative estimate of drug-likeness (QED) is 0.791. The van der Waals surface area contributed by atoms with Gasteiger partial charge in [0.15, 0.2) is 5.69 Å². The molecule has 0 aliphatic heterocycles. The number of esters is 1. The van der Waals surface area contributed by atoms with Crippen molar-refractivity contribution in [1.82, 2.24) is 20.0 Å². The van der Waals surface area contributed by atoms with Gasteiger partial charge in [-0.05, 0) is 12.8 Å². The summed E-state index contributed by atoms with van der Waals surface area (Å²) in [4.78, 5) is 17.2. The summed E-state index contributed by atoms with van der Waals surface area (Å²) in [6.07, 6.45) is 0.834. The lowest BCUT2D eigenvalue weighted by Gasteiger charge is -2.10. The number of thiazole rings is 1. The van der Waals surface area contributed by atoms with Crippen LogP contribution in [0.5, 0.6) is 0 Å². The Morgan fingerprint density at radius 2 is 2.25 bits per heavy atom. The van der Waals surface area contributed by atoms with Gasteiger partial charge in [0, 0.05) is 17.8 Å². The molecule has 0 aliphatic rings. The molecule has 0 bridgehead atoms. The van der Waals surface area contributed by atoms with Crippen molar-refractivity contribution in [2.75, 3.05) is 7.11 Å². The lowest BCUT2D eigenvalue weighted by Crippen LogP contribution is -2.12. The molecule has 7 heteroatoms. The van der Waals surface area contributed by atoms with Gasteiger partial charge in [-0.1, -0.05) is 19.1 Å². The van der Waals surface area contributed by atoms with E-state index in [1.165, 1.54) is 12.0 Å². The molecule has 0 amide bonds. The number of hydrogen-bond acceptors (Lipinski definition) is 6.